The number of hydrogen-bond donors (Lipinski definition) is 0. The van der Waals surface area contributed by atoms with E-state index in [-0.39, 0.29) is 21.1 Å². The molecule has 4 aromatic carbocycles. The van der Waals surface area contributed by atoms with Crippen molar-refractivity contribution in [3.63, 3.8) is 0 Å². The van der Waals surface area contributed by atoms with E-state index < -0.39 is 0 Å². The average molecular weight is 702 g/mol. The van der Waals surface area contributed by atoms with Crippen LogP contribution in [0, 0.1) is 12.1 Å². The topological polar surface area (TPSA) is 56.3 Å². The van der Waals surface area contributed by atoms with Crippen LogP contribution in [0.2, 0.25) is 0 Å². The number of nitrogens with zero attached hydrogens (tertiary/aromatic N) is 4. The molecule has 0 saturated carbocycles. The van der Waals surface area contributed by atoms with Crippen LogP contribution in [-0.4, -0.2) is 14.8 Å². The fourth-order valence-electron chi connectivity index (χ4n) is 4.73. The summed E-state index contributed by atoms with van der Waals surface area (Å²) in [6, 6.07) is 40.5. The molecule has 0 aliphatic carbocycles. The quantitative estimate of drug-likeness (QED) is 0.164. The van der Waals surface area contributed by atoms with Gasteiger partial charge in [0.1, 0.15) is 11.4 Å². The van der Waals surface area contributed by atoms with Crippen molar-refractivity contribution < 1.29 is 30.2 Å². The van der Waals surface area contributed by atoms with Gasteiger partial charge < -0.3 is 14.1 Å². The van der Waals surface area contributed by atoms with Crippen LogP contribution in [0.25, 0.3) is 33.2 Å². The summed E-state index contributed by atoms with van der Waals surface area (Å²) in [4.78, 5) is 6.63. The van der Waals surface area contributed by atoms with Crippen molar-refractivity contribution in [2.24, 2.45) is 7.05 Å². The predicted octanol–water partition coefficient (Wildman–Crippen LogP) is 8.24. The second-order valence-corrected chi connectivity index (χ2v) is 9.09. The first-order chi connectivity index (χ1) is 19.2. The van der Waals surface area contributed by atoms with Crippen LogP contribution in [0.1, 0.15) is 0 Å². The molecule has 0 unspecified atom stereocenters. The first-order valence-corrected chi connectivity index (χ1v) is 12.6. The normalized spacial score (nSPS) is 10.9. The fourth-order valence-corrected chi connectivity index (χ4v) is 4.73. The molecule has 0 fully saturated rings. The van der Waals surface area contributed by atoms with Crippen molar-refractivity contribution in [3.8, 4) is 22.8 Å². The number of aryl methyl sites for hydroxylation is 1. The van der Waals surface area contributed by atoms with Gasteiger partial charge in [0.05, 0.1) is 5.58 Å². The van der Waals surface area contributed by atoms with E-state index in [1.165, 1.54) is 0 Å². The van der Waals surface area contributed by atoms with Crippen molar-refractivity contribution in [2.75, 3.05) is 4.90 Å². The van der Waals surface area contributed by atoms with Crippen LogP contribution in [0.3, 0.4) is 0 Å². The van der Waals surface area contributed by atoms with Gasteiger partial charge in [0.2, 0.25) is 0 Å². The molecule has 0 N–H and O–H groups in total. The summed E-state index contributed by atoms with van der Waals surface area (Å²) >= 11 is 0. The van der Waals surface area contributed by atoms with Crippen molar-refractivity contribution >= 4 is 39.1 Å². The third kappa shape index (κ3) is 4.78. The molecule has 7 aromatic rings. The molecule has 0 atom stereocenters. The third-order valence-electron chi connectivity index (χ3n) is 6.46. The first-order valence-electron chi connectivity index (χ1n) is 12.6. The largest absolute Gasteiger partial charge is 2.00 e. The molecule has 3 aromatic heterocycles. The first kappa shape index (κ1) is 25.6. The third-order valence-corrected chi connectivity index (χ3v) is 6.46. The zero-order chi connectivity index (χ0) is 26.2. The van der Waals surface area contributed by atoms with Crippen LogP contribution in [0.5, 0.6) is 11.5 Å². The summed E-state index contributed by atoms with van der Waals surface area (Å²) in [5.74, 6) is 1.89. The molecule has 0 bridgehead atoms. The molecular weight excluding hydrogens is 679 g/mol. The van der Waals surface area contributed by atoms with E-state index in [4.69, 9.17) is 9.15 Å². The molecule has 0 amide bonds. The number of pyridine rings is 1. The van der Waals surface area contributed by atoms with Crippen LogP contribution in [0.4, 0.5) is 17.2 Å². The Balaban J connectivity index is 0.00000289. The van der Waals surface area contributed by atoms with Gasteiger partial charge in [-0.25, -0.2) is 10.1 Å². The fraction of sp³-hybridized carbons (Fsp3) is 0.0303. The standard InChI is InChI=1S/C33H22N4O2.Pt/c1-36-19-17-30(35-36)29-22-26(21-28-27-14-5-6-15-31(27)39-33(28)29)38-25-13-9-12-24(20-25)37(23-10-3-2-4-11-23)32-16-7-8-18-34-32;/h2-19,21H,1H3;/q-2;+2. The zero-order valence-corrected chi connectivity index (χ0v) is 23.7. The van der Waals surface area contributed by atoms with Gasteiger partial charge in [-0.3, -0.25) is 4.68 Å². The van der Waals surface area contributed by atoms with E-state index in [0.717, 1.165) is 50.4 Å². The summed E-state index contributed by atoms with van der Waals surface area (Å²) in [7, 11) is 1.89. The van der Waals surface area contributed by atoms with E-state index >= 15 is 0 Å². The van der Waals surface area contributed by atoms with Crippen LogP contribution in [-0.2, 0) is 28.1 Å². The van der Waals surface area contributed by atoms with Crippen molar-refractivity contribution in [1.29, 1.82) is 0 Å². The molecule has 40 heavy (non-hydrogen) atoms. The Bertz CT molecular complexity index is 1880. The number of furan rings is 1. The van der Waals surface area contributed by atoms with Gasteiger partial charge in [-0.15, -0.1) is 18.2 Å². The van der Waals surface area contributed by atoms with E-state index in [9.17, 15) is 0 Å². The van der Waals surface area contributed by atoms with Crippen molar-refractivity contribution in [2.45, 2.75) is 0 Å². The minimum absolute atomic E-state index is 0. The van der Waals surface area contributed by atoms with Gasteiger partial charge in [0.15, 0.2) is 0 Å². The van der Waals surface area contributed by atoms with E-state index in [2.05, 4.69) is 22.2 Å². The van der Waals surface area contributed by atoms with Gasteiger partial charge in [0.25, 0.3) is 0 Å². The minimum Gasteiger partial charge on any atom is -0.503 e. The molecular formula is C33H22N4O2Pt. The number of fused-ring (bicyclic) bond motifs is 3. The van der Waals surface area contributed by atoms with Gasteiger partial charge in [0, 0.05) is 47.7 Å². The van der Waals surface area contributed by atoms with E-state index in [1.54, 1.807) is 10.9 Å². The maximum atomic E-state index is 6.40. The number of benzene rings is 4. The van der Waals surface area contributed by atoms with Crippen molar-refractivity contribution in [1.82, 2.24) is 14.8 Å². The number of hydrogen-bond acceptors (Lipinski definition) is 5. The molecule has 196 valence electrons. The SMILES string of the molecule is Cn1ccc(-c2[c-]c(Oc3[c-]c(N(c4ccccc4)c4ccccn4)ccc3)cc3c2oc2ccccc23)n1.[Pt+2]. The average Bonchev–Trinajstić information content (AvgIpc) is 3.58. The number of para-hydroxylation sites is 2. The number of aromatic nitrogens is 3. The molecule has 0 saturated heterocycles. The summed E-state index contributed by atoms with van der Waals surface area (Å²) in [5.41, 5.74) is 4.81. The molecule has 3 heterocycles. The monoisotopic (exact) mass is 701 g/mol. The Hall–Kier alpha value is -4.67. The second-order valence-electron chi connectivity index (χ2n) is 9.09. The molecule has 0 aliphatic rings. The predicted molar refractivity (Wildman–Crippen MR) is 153 cm³/mol. The summed E-state index contributed by atoms with van der Waals surface area (Å²) in [5, 5.41) is 6.55. The van der Waals surface area contributed by atoms with Gasteiger partial charge in [-0.1, -0.05) is 77.3 Å². The minimum atomic E-state index is 0. The molecule has 7 heteroatoms. The Kier molecular flexibility index (Phi) is 6.93. The number of ether oxygens (including phenoxy) is 1. The van der Waals surface area contributed by atoms with E-state index in [1.807, 2.05) is 121 Å². The zero-order valence-electron chi connectivity index (χ0n) is 21.4. The molecule has 0 radical (unpaired) electrons. The van der Waals surface area contributed by atoms with Crippen molar-refractivity contribution in [3.05, 3.63) is 128 Å². The van der Waals surface area contributed by atoms with Crippen LogP contribution in [0.15, 0.2) is 120 Å². The second kappa shape index (κ2) is 10.8. The summed E-state index contributed by atoms with van der Waals surface area (Å²) < 4.78 is 14.4. The number of rotatable bonds is 6. The summed E-state index contributed by atoms with van der Waals surface area (Å²) in [6.45, 7) is 0. The molecule has 0 spiro atoms. The maximum Gasteiger partial charge on any atom is 2.00 e. The Morgan fingerprint density at radius 2 is 1.62 bits per heavy atom. The Labute approximate surface area is 245 Å². The van der Waals surface area contributed by atoms with Crippen LogP contribution >= 0.6 is 0 Å². The van der Waals surface area contributed by atoms with Crippen LogP contribution < -0.4 is 9.64 Å². The molecule has 0 aliphatic heterocycles. The van der Waals surface area contributed by atoms with Gasteiger partial charge in [-0.05, 0) is 30.3 Å². The maximum absolute atomic E-state index is 6.40. The summed E-state index contributed by atoms with van der Waals surface area (Å²) in [6.07, 6.45) is 3.68. The smallest absolute Gasteiger partial charge is 0.503 e. The van der Waals surface area contributed by atoms with Gasteiger partial charge in [-0.2, -0.15) is 6.07 Å². The molecule has 7 rings (SSSR count). The Morgan fingerprint density at radius 3 is 2.42 bits per heavy atom. The Morgan fingerprint density at radius 1 is 0.800 bits per heavy atom. The van der Waals surface area contributed by atoms with Gasteiger partial charge >= 0.3 is 21.1 Å². The number of anilines is 3. The van der Waals surface area contributed by atoms with E-state index in [0.29, 0.717) is 11.5 Å². The molecule has 6 nitrogen and oxygen atoms in total.